The van der Waals surface area contributed by atoms with Crippen molar-refractivity contribution in [1.82, 2.24) is 25.5 Å². The van der Waals surface area contributed by atoms with Crippen LogP contribution in [0.5, 0.6) is 0 Å². The smallest absolute Gasteiger partial charge is 0.230 e. The highest BCUT2D eigenvalue weighted by Gasteiger charge is 2.28. The van der Waals surface area contributed by atoms with E-state index in [1.807, 2.05) is 6.07 Å². The predicted octanol–water partition coefficient (Wildman–Crippen LogP) is 2.29. The molecular weight excluding hydrogens is 349 g/mol. The van der Waals surface area contributed by atoms with Crippen molar-refractivity contribution in [1.29, 1.82) is 0 Å². The summed E-state index contributed by atoms with van der Waals surface area (Å²) in [5.74, 6) is 1.42. The number of nitrogens with one attached hydrogen (secondary N) is 1. The molecule has 1 aliphatic rings. The summed E-state index contributed by atoms with van der Waals surface area (Å²) < 4.78 is 15.2. The van der Waals surface area contributed by atoms with Gasteiger partial charge in [0.2, 0.25) is 11.1 Å². The first kappa shape index (κ1) is 17.2. The van der Waals surface area contributed by atoms with Crippen LogP contribution in [0.1, 0.15) is 24.4 Å². The van der Waals surface area contributed by atoms with Crippen LogP contribution in [0.25, 0.3) is 0 Å². The molecule has 1 saturated carbocycles. The third kappa shape index (κ3) is 4.94. The fourth-order valence-corrected chi connectivity index (χ4v) is 3.69. The predicted molar refractivity (Wildman–Crippen MR) is 92.4 cm³/mol. The second-order valence-electron chi connectivity index (χ2n) is 5.42. The summed E-state index contributed by atoms with van der Waals surface area (Å²) in [4.78, 5) is 11.8. The van der Waals surface area contributed by atoms with Crippen LogP contribution in [0.2, 0.25) is 0 Å². The lowest BCUT2D eigenvalue weighted by Crippen LogP contribution is -2.27. The number of carbonyl (C=O) groups excluding carboxylic acids is 1. The van der Waals surface area contributed by atoms with Crippen molar-refractivity contribution in [3.05, 3.63) is 35.6 Å². The number of tetrazole rings is 1. The summed E-state index contributed by atoms with van der Waals surface area (Å²) in [5.41, 5.74) is 0.691. The zero-order valence-corrected chi connectivity index (χ0v) is 14.7. The van der Waals surface area contributed by atoms with Crippen LogP contribution in [0.3, 0.4) is 0 Å². The molecule has 9 heteroatoms. The minimum Gasteiger partial charge on any atom is -0.355 e. The fourth-order valence-electron chi connectivity index (χ4n) is 2.07. The summed E-state index contributed by atoms with van der Waals surface area (Å²) in [6.45, 7) is 0.562. The molecule has 1 heterocycles. The zero-order chi connectivity index (χ0) is 16.8. The molecule has 1 aromatic heterocycles. The lowest BCUT2D eigenvalue weighted by molar-refractivity contribution is -0.118. The topological polar surface area (TPSA) is 72.7 Å². The van der Waals surface area contributed by atoms with Gasteiger partial charge >= 0.3 is 0 Å². The number of carbonyl (C=O) groups is 1. The van der Waals surface area contributed by atoms with Crippen molar-refractivity contribution in [2.24, 2.45) is 0 Å². The monoisotopic (exact) mass is 367 g/mol. The molecule has 1 N–H and O–H groups in total. The van der Waals surface area contributed by atoms with E-state index in [0.29, 0.717) is 34.8 Å². The van der Waals surface area contributed by atoms with Crippen molar-refractivity contribution >= 4 is 29.4 Å². The molecule has 0 unspecified atom stereocenters. The summed E-state index contributed by atoms with van der Waals surface area (Å²) in [6.07, 6.45) is 2.20. The van der Waals surface area contributed by atoms with Crippen LogP contribution >= 0.6 is 23.5 Å². The molecule has 1 aliphatic carbocycles. The highest BCUT2D eigenvalue weighted by Crippen LogP contribution is 2.36. The third-order valence-corrected chi connectivity index (χ3v) is 5.41. The van der Waals surface area contributed by atoms with E-state index in [4.69, 9.17) is 0 Å². The Kier molecular flexibility index (Phi) is 6.08. The molecule has 24 heavy (non-hydrogen) atoms. The van der Waals surface area contributed by atoms with Crippen molar-refractivity contribution in [2.45, 2.75) is 29.8 Å². The standard InChI is InChI=1S/C15H18FN5OS2/c16-13-4-2-1-3-11(13)9-23-8-7-17-14(22)10-24-15-18-19-20-21(15)12-5-6-12/h1-4,12H,5-10H2,(H,17,22). The number of thioether (sulfide) groups is 2. The van der Waals surface area contributed by atoms with E-state index in [1.54, 1.807) is 28.6 Å². The minimum atomic E-state index is -0.182. The van der Waals surface area contributed by atoms with Crippen LogP contribution in [-0.2, 0) is 10.5 Å². The van der Waals surface area contributed by atoms with Gasteiger partial charge in [0.15, 0.2) is 0 Å². The first-order valence-corrected chi connectivity index (χ1v) is 9.86. The number of benzene rings is 1. The molecule has 1 fully saturated rings. The maximum atomic E-state index is 13.5. The molecule has 0 atom stereocenters. The van der Waals surface area contributed by atoms with Gasteiger partial charge in [-0.3, -0.25) is 4.79 Å². The van der Waals surface area contributed by atoms with Gasteiger partial charge in [-0.1, -0.05) is 30.0 Å². The first-order chi connectivity index (χ1) is 11.7. The lowest BCUT2D eigenvalue weighted by Gasteiger charge is -2.06. The van der Waals surface area contributed by atoms with E-state index in [2.05, 4.69) is 20.8 Å². The second kappa shape index (κ2) is 8.48. The van der Waals surface area contributed by atoms with Crippen molar-refractivity contribution in [2.75, 3.05) is 18.1 Å². The Morgan fingerprint density at radius 3 is 3.00 bits per heavy atom. The minimum absolute atomic E-state index is 0.0446. The molecule has 0 spiro atoms. The van der Waals surface area contributed by atoms with Crippen molar-refractivity contribution in [3.63, 3.8) is 0 Å². The molecule has 1 amide bonds. The molecule has 0 radical (unpaired) electrons. The Morgan fingerprint density at radius 1 is 1.38 bits per heavy atom. The summed E-state index contributed by atoms with van der Waals surface area (Å²) in [5, 5.41) is 15.1. The fraction of sp³-hybridized carbons (Fsp3) is 0.467. The summed E-state index contributed by atoms with van der Waals surface area (Å²) >= 11 is 2.95. The Labute approximate surface area is 148 Å². The number of rotatable bonds is 9. The molecule has 0 saturated heterocycles. The number of hydrogen-bond acceptors (Lipinski definition) is 6. The van der Waals surface area contributed by atoms with Gasteiger partial charge in [-0.05, 0) is 34.9 Å². The number of amides is 1. The normalized spacial score (nSPS) is 13.9. The van der Waals surface area contributed by atoms with E-state index in [-0.39, 0.29) is 11.7 Å². The molecule has 2 aromatic rings. The molecule has 0 aliphatic heterocycles. The number of nitrogens with zero attached hydrogens (tertiary/aromatic N) is 4. The summed E-state index contributed by atoms with van der Waals surface area (Å²) in [6, 6.07) is 7.15. The van der Waals surface area contributed by atoms with Crippen molar-refractivity contribution < 1.29 is 9.18 Å². The Hall–Kier alpha value is -1.61. The second-order valence-corrected chi connectivity index (χ2v) is 7.47. The largest absolute Gasteiger partial charge is 0.355 e. The lowest BCUT2D eigenvalue weighted by atomic mass is 10.2. The van der Waals surface area contributed by atoms with Gasteiger partial charge in [0, 0.05) is 18.1 Å². The van der Waals surface area contributed by atoms with E-state index in [1.165, 1.54) is 17.8 Å². The average Bonchev–Trinajstić information content (AvgIpc) is 3.32. The van der Waals surface area contributed by atoms with E-state index < -0.39 is 0 Å². The molecule has 0 bridgehead atoms. The van der Waals surface area contributed by atoms with E-state index in [9.17, 15) is 9.18 Å². The van der Waals surface area contributed by atoms with Gasteiger partial charge in [-0.15, -0.1) is 5.10 Å². The third-order valence-electron chi connectivity index (χ3n) is 3.47. The van der Waals surface area contributed by atoms with Crippen LogP contribution in [-0.4, -0.2) is 44.2 Å². The molecular formula is C15H18FN5OS2. The quantitative estimate of drug-likeness (QED) is 0.542. The highest BCUT2D eigenvalue weighted by atomic mass is 32.2. The molecule has 1 aromatic carbocycles. The number of hydrogen-bond donors (Lipinski definition) is 1. The Bertz CT molecular complexity index is 692. The average molecular weight is 367 g/mol. The number of aromatic nitrogens is 4. The van der Waals surface area contributed by atoms with Crippen LogP contribution < -0.4 is 5.32 Å². The van der Waals surface area contributed by atoms with Crippen LogP contribution in [0.4, 0.5) is 4.39 Å². The van der Waals surface area contributed by atoms with Crippen LogP contribution in [0.15, 0.2) is 29.4 Å². The molecule has 6 nitrogen and oxygen atoms in total. The maximum absolute atomic E-state index is 13.5. The number of halogens is 1. The van der Waals surface area contributed by atoms with E-state index >= 15 is 0 Å². The van der Waals surface area contributed by atoms with Crippen molar-refractivity contribution in [3.8, 4) is 0 Å². The highest BCUT2D eigenvalue weighted by molar-refractivity contribution is 7.99. The van der Waals surface area contributed by atoms with Crippen LogP contribution in [0, 0.1) is 5.82 Å². The van der Waals surface area contributed by atoms with E-state index in [0.717, 1.165) is 18.6 Å². The van der Waals surface area contributed by atoms with Gasteiger partial charge in [0.05, 0.1) is 11.8 Å². The van der Waals surface area contributed by atoms with Gasteiger partial charge in [-0.2, -0.15) is 11.8 Å². The SMILES string of the molecule is O=C(CSc1nnnn1C1CC1)NCCSCc1ccccc1F. The van der Waals surface area contributed by atoms with Gasteiger partial charge < -0.3 is 5.32 Å². The van der Waals surface area contributed by atoms with Gasteiger partial charge in [0.1, 0.15) is 5.82 Å². The maximum Gasteiger partial charge on any atom is 0.230 e. The first-order valence-electron chi connectivity index (χ1n) is 7.72. The Balaban J connectivity index is 1.30. The molecule has 128 valence electrons. The van der Waals surface area contributed by atoms with Gasteiger partial charge in [0.25, 0.3) is 0 Å². The molecule has 3 rings (SSSR count). The zero-order valence-electron chi connectivity index (χ0n) is 13.0. The Morgan fingerprint density at radius 2 is 2.21 bits per heavy atom. The summed E-state index contributed by atoms with van der Waals surface area (Å²) in [7, 11) is 0. The van der Waals surface area contributed by atoms with Gasteiger partial charge in [-0.25, -0.2) is 9.07 Å².